The van der Waals surface area contributed by atoms with Crippen molar-refractivity contribution < 1.29 is 4.74 Å². The molecule has 0 radical (unpaired) electrons. The Hall–Kier alpha value is -0.0900. The molecule has 1 atom stereocenters. The normalized spacial score (nSPS) is 12.8. The fourth-order valence-corrected chi connectivity index (χ4v) is 2.17. The molecule has 0 heterocycles. The first-order valence-corrected chi connectivity index (χ1v) is 6.47. The van der Waals surface area contributed by atoms with Crippen molar-refractivity contribution in [2.24, 2.45) is 0 Å². The number of hydrogen-bond acceptors (Lipinski definition) is 2. The lowest BCUT2D eigenvalue weighted by Gasteiger charge is -2.14. The third-order valence-electron chi connectivity index (χ3n) is 2.41. The second-order valence-corrected chi connectivity index (χ2v) is 5.09. The van der Waals surface area contributed by atoms with Gasteiger partial charge in [0, 0.05) is 35.8 Å². The molecule has 0 spiro atoms. The quantitative estimate of drug-likeness (QED) is 0.867. The lowest BCUT2D eigenvalue weighted by atomic mass is 10.2. The fourth-order valence-electron chi connectivity index (χ4n) is 1.35. The van der Waals surface area contributed by atoms with E-state index < -0.39 is 0 Å². The second kappa shape index (κ2) is 7.28. The minimum atomic E-state index is 0.447. The zero-order valence-electron chi connectivity index (χ0n) is 9.59. The average Bonchev–Trinajstić information content (AvgIpc) is 2.25. The number of ether oxygens (including phenoxy) is 1. The summed E-state index contributed by atoms with van der Waals surface area (Å²) in [4.78, 5) is 0. The molecule has 0 saturated carbocycles. The van der Waals surface area contributed by atoms with Gasteiger partial charge in [-0.15, -0.1) is 0 Å². The van der Waals surface area contributed by atoms with Gasteiger partial charge in [0.25, 0.3) is 0 Å². The highest BCUT2D eigenvalue weighted by Crippen LogP contribution is 2.21. The summed E-state index contributed by atoms with van der Waals surface area (Å²) in [7, 11) is 1.72. The molecule has 0 aliphatic rings. The Kier molecular flexibility index (Phi) is 6.36. The maximum Gasteiger partial charge on any atom is 0.0476 e. The van der Waals surface area contributed by atoms with Crippen molar-refractivity contribution in [3.63, 3.8) is 0 Å². The zero-order valence-corrected chi connectivity index (χ0v) is 11.9. The summed E-state index contributed by atoms with van der Waals surface area (Å²) in [6.07, 6.45) is 1.02. The minimum Gasteiger partial charge on any atom is -0.385 e. The molecule has 16 heavy (non-hydrogen) atoms. The van der Waals surface area contributed by atoms with Gasteiger partial charge in [-0.05, 0) is 31.0 Å². The van der Waals surface area contributed by atoms with Gasteiger partial charge in [-0.25, -0.2) is 0 Å². The van der Waals surface area contributed by atoms with Gasteiger partial charge in [0.15, 0.2) is 0 Å². The van der Waals surface area contributed by atoms with Crippen LogP contribution >= 0.6 is 27.5 Å². The molecule has 1 N–H and O–H groups in total. The highest BCUT2D eigenvalue weighted by molar-refractivity contribution is 9.10. The first kappa shape index (κ1) is 14.0. The predicted molar refractivity (Wildman–Crippen MR) is 71.9 cm³/mol. The Morgan fingerprint density at radius 2 is 2.25 bits per heavy atom. The Morgan fingerprint density at radius 1 is 1.50 bits per heavy atom. The van der Waals surface area contributed by atoms with Crippen molar-refractivity contribution >= 4 is 27.5 Å². The van der Waals surface area contributed by atoms with Gasteiger partial charge in [0.05, 0.1) is 0 Å². The van der Waals surface area contributed by atoms with Crippen LogP contribution < -0.4 is 5.32 Å². The van der Waals surface area contributed by atoms with Crippen molar-refractivity contribution in [2.45, 2.75) is 25.9 Å². The van der Waals surface area contributed by atoms with Crippen LogP contribution in [0.1, 0.15) is 18.9 Å². The van der Waals surface area contributed by atoms with E-state index in [0.717, 1.165) is 29.1 Å². The minimum absolute atomic E-state index is 0.447. The van der Waals surface area contributed by atoms with Gasteiger partial charge in [-0.2, -0.15) is 0 Å². The largest absolute Gasteiger partial charge is 0.385 e. The molecule has 2 nitrogen and oxygen atoms in total. The second-order valence-electron chi connectivity index (χ2n) is 3.80. The number of methoxy groups -OCH3 is 1. The van der Waals surface area contributed by atoms with E-state index in [-0.39, 0.29) is 0 Å². The van der Waals surface area contributed by atoms with E-state index in [0.29, 0.717) is 6.04 Å². The van der Waals surface area contributed by atoms with Gasteiger partial charge in [-0.3, -0.25) is 0 Å². The molecule has 0 saturated heterocycles. The third kappa shape index (κ3) is 4.83. The molecule has 4 heteroatoms. The predicted octanol–water partition coefficient (Wildman–Crippen LogP) is 3.62. The summed E-state index contributed by atoms with van der Waals surface area (Å²) >= 11 is 9.38. The lowest BCUT2D eigenvalue weighted by molar-refractivity contribution is 0.184. The number of hydrogen-bond donors (Lipinski definition) is 1. The van der Waals surface area contributed by atoms with Gasteiger partial charge >= 0.3 is 0 Å². The Balaban J connectivity index is 2.42. The maximum atomic E-state index is 5.88. The molecule has 1 unspecified atom stereocenters. The monoisotopic (exact) mass is 305 g/mol. The van der Waals surface area contributed by atoms with Crippen molar-refractivity contribution in [1.29, 1.82) is 0 Å². The summed E-state index contributed by atoms with van der Waals surface area (Å²) in [5.74, 6) is 0. The number of rotatable bonds is 6. The summed E-state index contributed by atoms with van der Waals surface area (Å²) in [6, 6.07) is 6.30. The highest BCUT2D eigenvalue weighted by atomic mass is 79.9. The van der Waals surface area contributed by atoms with Crippen LogP contribution in [0.25, 0.3) is 0 Å². The SMILES string of the molecule is COCCC(C)NCc1ccc(Cl)cc1Br. The summed E-state index contributed by atoms with van der Waals surface area (Å²) in [5.41, 5.74) is 1.22. The standard InChI is InChI=1S/C12H17BrClNO/c1-9(5-6-16-2)15-8-10-3-4-11(14)7-12(10)13/h3-4,7,9,15H,5-6,8H2,1-2H3. The smallest absolute Gasteiger partial charge is 0.0476 e. The Morgan fingerprint density at radius 3 is 2.88 bits per heavy atom. The van der Waals surface area contributed by atoms with Gasteiger partial charge in [-0.1, -0.05) is 33.6 Å². The highest BCUT2D eigenvalue weighted by Gasteiger charge is 2.04. The van der Waals surface area contributed by atoms with Crippen LogP contribution in [0.4, 0.5) is 0 Å². The van der Waals surface area contributed by atoms with Crippen LogP contribution in [0.2, 0.25) is 5.02 Å². The van der Waals surface area contributed by atoms with Crippen LogP contribution in [0.5, 0.6) is 0 Å². The van der Waals surface area contributed by atoms with E-state index in [4.69, 9.17) is 16.3 Å². The third-order valence-corrected chi connectivity index (χ3v) is 3.38. The molecule has 0 aliphatic carbocycles. The van der Waals surface area contributed by atoms with Gasteiger partial charge in [0.1, 0.15) is 0 Å². The van der Waals surface area contributed by atoms with Crippen LogP contribution in [0.3, 0.4) is 0 Å². The molecule has 0 aromatic heterocycles. The van der Waals surface area contributed by atoms with E-state index in [2.05, 4.69) is 28.2 Å². The average molecular weight is 307 g/mol. The molecule has 0 amide bonds. The molecule has 90 valence electrons. The van der Waals surface area contributed by atoms with Crippen molar-refractivity contribution in [3.05, 3.63) is 33.3 Å². The van der Waals surface area contributed by atoms with Crippen LogP contribution in [0.15, 0.2) is 22.7 Å². The van der Waals surface area contributed by atoms with Crippen molar-refractivity contribution in [3.8, 4) is 0 Å². The molecule has 0 aliphatic heterocycles. The van der Waals surface area contributed by atoms with Crippen LogP contribution in [-0.4, -0.2) is 19.8 Å². The fraction of sp³-hybridized carbons (Fsp3) is 0.500. The molecule has 0 fully saturated rings. The summed E-state index contributed by atoms with van der Waals surface area (Å²) < 4.78 is 6.08. The van der Waals surface area contributed by atoms with E-state index in [1.807, 2.05) is 18.2 Å². The molecule has 0 bridgehead atoms. The molecule has 1 aromatic rings. The lowest BCUT2D eigenvalue weighted by Crippen LogP contribution is -2.26. The maximum absolute atomic E-state index is 5.88. The van der Waals surface area contributed by atoms with E-state index in [1.165, 1.54) is 5.56 Å². The molecule has 1 aromatic carbocycles. The summed E-state index contributed by atoms with van der Waals surface area (Å²) in [5, 5.41) is 4.19. The van der Waals surface area contributed by atoms with Crippen molar-refractivity contribution in [1.82, 2.24) is 5.32 Å². The summed E-state index contributed by atoms with van der Waals surface area (Å²) in [6.45, 7) is 3.78. The van der Waals surface area contributed by atoms with Gasteiger partial charge in [0.2, 0.25) is 0 Å². The van der Waals surface area contributed by atoms with Crippen molar-refractivity contribution in [2.75, 3.05) is 13.7 Å². The Bertz CT molecular complexity index is 333. The van der Waals surface area contributed by atoms with Crippen LogP contribution in [0, 0.1) is 0 Å². The molecular weight excluding hydrogens is 289 g/mol. The topological polar surface area (TPSA) is 21.3 Å². The van der Waals surface area contributed by atoms with Gasteiger partial charge < -0.3 is 10.1 Å². The number of benzene rings is 1. The van der Waals surface area contributed by atoms with E-state index >= 15 is 0 Å². The zero-order chi connectivity index (χ0) is 12.0. The van der Waals surface area contributed by atoms with Crippen LogP contribution in [-0.2, 0) is 11.3 Å². The molecule has 1 rings (SSSR count). The van der Waals surface area contributed by atoms with E-state index in [9.17, 15) is 0 Å². The molecular formula is C12H17BrClNO. The van der Waals surface area contributed by atoms with E-state index in [1.54, 1.807) is 7.11 Å². The number of halogens is 2. The Labute approximate surface area is 110 Å². The first-order chi connectivity index (χ1) is 7.63. The number of nitrogens with one attached hydrogen (secondary N) is 1. The first-order valence-electron chi connectivity index (χ1n) is 5.29.